The molecule has 5 heteroatoms. The first-order valence-electron chi connectivity index (χ1n) is 10.2. The molecule has 0 unspecified atom stereocenters. The standard InChI is InChI=1S/C26H25N3O2/c1-19-27-14-15-29(19)18-20-8-6-12-23(16-20)26(30)28-25(21-9-4-3-5-10-21)22-11-7-13-24(17-22)31-2/h3-17,25H,18H2,1-2H3,(H,28,30)/t25-/m0/s1. The number of nitrogens with one attached hydrogen (secondary N) is 1. The molecule has 0 saturated heterocycles. The van der Waals surface area contributed by atoms with E-state index >= 15 is 0 Å². The summed E-state index contributed by atoms with van der Waals surface area (Å²) < 4.78 is 7.44. The highest BCUT2D eigenvalue weighted by molar-refractivity contribution is 5.94. The summed E-state index contributed by atoms with van der Waals surface area (Å²) in [6, 6.07) is 25.2. The van der Waals surface area contributed by atoms with E-state index in [1.165, 1.54) is 0 Å². The molecule has 156 valence electrons. The van der Waals surface area contributed by atoms with Gasteiger partial charge in [0.25, 0.3) is 5.91 Å². The third-order valence-corrected chi connectivity index (χ3v) is 5.30. The van der Waals surface area contributed by atoms with E-state index in [1.807, 2.05) is 92.0 Å². The van der Waals surface area contributed by atoms with Crippen LogP contribution in [0, 0.1) is 6.92 Å². The van der Waals surface area contributed by atoms with Gasteiger partial charge >= 0.3 is 0 Å². The van der Waals surface area contributed by atoms with Gasteiger partial charge in [0, 0.05) is 24.5 Å². The third-order valence-electron chi connectivity index (χ3n) is 5.30. The maximum atomic E-state index is 13.2. The minimum Gasteiger partial charge on any atom is -0.497 e. The SMILES string of the molecule is COc1cccc([C@@H](NC(=O)c2cccc(Cn3ccnc3C)c2)c2ccccc2)c1. The molecule has 5 nitrogen and oxygen atoms in total. The van der Waals surface area contributed by atoms with Crippen molar-refractivity contribution in [2.45, 2.75) is 19.5 Å². The summed E-state index contributed by atoms with van der Waals surface area (Å²) in [5.74, 6) is 1.57. The largest absolute Gasteiger partial charge is 0.497 e. The van der Waals surface area contributed by atoms with E-state index in [-0.39, 0.29) is 11.9 Å². The number of hydrogen-bond acceptors (Lipinski definition) is 3. The molecule has 0 spiro atoms. The Kier molecular flexibility index (Phi) is 6.13. The van der Waals surface area contributed by atoms with Crippen LogP contribution in [-0.2, 0) is 6.54 Å². The molecule has 4 rings (SSSR count). The van der Waals surface area contributed by atoms with Crippen LogP contribution in [0.5, 0.6) is 5.75 Å². The first-order chi connectivity index (χ1) is 15.1. The quantitative estimate of drug-likeness (QED) is 0.477. The normalized spacial score (nSPS) is 11.7. The number of ether oxygens (including phenoxy) is 1. The van der Waals surface area contributed by atoms with Crippen LogP contribution in [0.1, 0.15) is 38.9 Å². The molecule has 1 aromatic heterocycles. The number of imidazole rings is 1. The average Bonchev–Trinajstić information content (AvgIpc) is 3.22. The van der Waals surface area contributed by atoms with Crippen molar-refractivity contribution < 1.29 is 9.53 Å². The first-order valence-corrected chi connectivity index (χ1v) is 10.2. The summed E-state index contributed by atoms with van der Waals surface area (Å²) in [7, 11) is 1.64. The number of hydrogen-bond donors (Lipinski definition) is 1. The van der Waals surface area contributed by atoms with Crippen LogP contribution in [0.3, 0.4) is 0 Å². The lowest BCUT2D eigenvalue weighted by molar-refractivity contribution is 0.0943. The highest BCUT2D eigenvalue weighted by Crippen LogP contribution is 2.26. The van der Waals surface area contributed by atoms with Crippen LogP contribution in [0.4, 0.5) is 0 Å². The molecular weight excluding hydrogens is 386 g/mol. The van der Waals surface area contributed by atoms with E-state index in [1.54, 1.807) is 13.3 Å². The summed E-state index contributed by atoms with van der Waals surface area (Å²) in [6.07, 6.45) is 3.72. The van der Waals surface area contributed by atoms with E-state index in [0.29, 0.717) is 12.1 Å². The van der Waals surface area contributed by atoms with Crippen LogP contribution < -0.4 is 10.1 Å². The van der Waals surface area contributed by atoms with Crippen molar-refractivity contribution in [2.24, 2.45) is 0 Å². The van der Waals surface area contributed by atoms with Gasteiger partial charge in [-0.05, 0) is 47.9 Å². The maximum absolute atomic E-state index is 13.2. The van der Waals surface area contributed by atoms with Gasteiger partial charge in [0.05, 0.1) is 13.2 Å². The Hall–Kier alpha value is -3.86. The summed E-state index contributed by atoms with van der Waals surface area (Å²) in [6.45, 7) is 2.64. The van der Waals surface area contributed by atoms with Gasteiger partial charge in [0.15, 0.2) is 0 Å². The van der Waals surface area contributed by atoms with Crippen molar-refractivity contribution in [1.82, 2.24) is 14.9 Å². The lowest BCUT2D eigenvalue weighted by atomic mass is 9.98. The van der Waals surface area contributed by atoms with Crippen molar-refractivity contribution in [3.8, 4) is 5.75 Å². The Bertz CT molecular complexity index is 1170. The summed E-state index contributed by atoms with van der Waals surface area (Å²) in [4.78, 5) is 17.5. The van der Waals surface area contributed by atoms with E-state index < -0.39 is 0 Å². The zero-order valence-electron chi connectivity index (χ0n) is 17.7. The number of amides is 1. The summed E-state index contributed by atoms with van der Waals surface area (Å²) in [5, 5.41) is 3.20. The Morgan fingerprint density at radius 3 is 2.52 bits per heavy atom. The van der Waals surface area contributed by atoms with Gasteiger partial charge in [-0.1, -0.05) is 54.6 Å². The molecule has 1 N–H and O–H groups in total. The van der Waals surface area contributed by atoms with Crippen LogP contribution in [0.25, 0.3) is 0 Å². The van der Waals surface area contributed by atoms with Gasteiger partial charge in [-0.2, -0.15) is 0 Å². The molecule has 4 aromatic rings. The summed E-state index contributed by atoms with van der Waals surface area (Å²) in [5.41, 5.74) is 3.64. The molecule has 31 heavy (non-hydrogen) atoms. The number of carbonyl (C=O) groups is 1. The third kappa shape index (κ3) is 4.83. The van der Waals surface area contributed by atoms with E-state index in [4.69, 9.17) is 4.74 Å². The second-order valence-corrected chi connectivity index (χ2v) is 7.40. The van der Waals surface area contributed by atoms with Crippen molar-refractivity contribution in [2.75, 3.05) is 7.11 Å². The molecular formula is C26H25N3O2. The van der Waals surface area contributed by atoms with Gasteiger partial charge in [0.1, 0.15) is 11.6 Å². The second kappa shape index (κ2) is 9.30. The smallest absolute Gasteiger partial charge is 0.252 e. The van der Waals surface area contributed by atoms with Crippen LogP contribution in [0.15, 0.2) is 91.3 Å². The maximum Gasteiger partial charge on any atom is 0.252 e. The molecule has 1 heterocycles. The fourth-order valence-corrected chi connectivity index (χ4v) is 3.62. The minimum absolute atomic E-state index is 0.124. The highest BCUT2D eigenvalue weighted by atomic mass is 16.5. The number of methoxy groups -OCH3 is 1. The second-order valence-electron chi connectivity index (χ2n) is 7.40. The fraction of sp³-hybridized carbons (Fsp3) is 0.154. The number of aryl methyl sites for hydroxylation is 1. The van der Waals surface area contributed by atoms with Crippen molar-refractivity contribution >= 4 is 5.91 Å². The molecule has 0 saturated carbocycles. The van der Waals surface area contributed by atoms with Gasteiger partial charge < -0.3 is 14.6 Å². The first kappa shape index (κ1) is 20.4. The summed E-state index contributed by atoms with van der Waals surface area (Å²) >= 11 is 0. The number of rotatable bonds is 7. The Morgan fingerprint density at radius 2 is 1.77 bits per heavy atom. The topological polar surface area (TPSA) is 56.1 Å². The van der Waals surface area contributed by atoms with Crippen LogP contribution >= 0.6 is 0 Å². The number of benzene rings is 3. The molecule has 0 aliphatic rings. The molecule has 0 aliphatic heterocycles. The van der Waals surface area contributed by atoms with Crippen molar-refractivity contribution in [3.05, 3.63) is 119 Å². The average molecular weight is 412 g/mol. The Morgan fingerprint density at radius 1 is 1.00 bits per heavy atom. The Balaban J connectivity index is 1.60. The van der Waals surface area contributed by atoms with Crippen molar-refractivity contribution in [1.29, 1.82) is 0 Å². The van der Waals surface area contributed by atoms with Crippen LogP contribution in [0.2, 0.25) is 0 Å². The van der Waals surface area contributed by atoms with Crippen LogP contribution in [-0.4, -0.2) is 22.6 Å². The monoisotopic (exact) mass is 411 g/mol. The van der Waals surface area contributed by atoms with Gasteiger partial charge in [-0.3, -0.25) is 4.79 Å². The van der Waals surface area contributed by atoms with Gasteiger partial charge in [-0.25, -0.2) is 4.98 Å². The molecule has 0 fully saturated rings. The predicted octanol–water partition coefficient (Wildman–Crippen LogP) is 4.77. The number of aromatic nitrogens is 2. The van der Waals surface area contributed by atoms with E-state index in [0.717, 1.165) is 28.3 Å². The molecule has 0 radical (unpaired) electrons. The van der Waals surface area contributed by atoms with Gasteiger partial charge in [0.2, 0.25) is 0 Å². The number of nitrogens with zero attached hydrogens (tertiary/aromatic N) is 2. The fourth-order valence-electron chi connectivity index (χ4n) is 3.62. The molecule has 1 atom stereocenters. The van der Waals surface area contributed by atoms with E-state index in [2.05, 4.69) is 14.9 Å². The highest BCUT2D eigenvalue weighted by Gasteiger charge is 2.18. The zero-order chi connectivity index (χ0) is 21.6. The van der Waals surface area contributed by atoms with Crippen molar-refractivity contribution in [3.63, 3.8) is 0 Å². The van der Waals surface area contributed by atoms with E-state index in [9.17, 15) is 4.79 Å². The zero-order valence-corrected chi connectivity index (χ0v) is 17.7. The lowest BCUT2D eigenvalue weighted by Crippen LogP contribution is -2.29. The molecule has 0 bridgehead atoms. The lowest BCUT2D eigenvalue weighted by Gasteiger charge is -2.21. The Labute approximate surface area is 182 Å². The molecule has 3 aromatic carbocycles. The minimum atomic E-state index is -0.289. The molecule has 1 amide bonds. The number of carbonyl (C=O) groups excluding carboxylic acids is 1. The predicted molar refractivity (Wildman–Crippen MR) is 121 cm³/mol. The van der Waals surface area contributed by atoms with Gasteiger partial charge in [-0.15, -0.1) is 0 Å². The molecule has 0 aliphatic carbocycles.